The molecule has 0 aromatic heterocycles. The lowest BCUT2D eigenvalue weighted by Crippen LogP contribution is -2.12. The van der Waals surface area contributed by atoms with Crippen LogP contribution in [0.15, 0.2) is 88.9 Å². The average Bonchev–Trinajstić information content (AvgIpc) is 2.70. The van der Waals surface area contributed by atoms with Gasteiger partial charge in [-0.1, -0.05) is 48.5 Å². The first-order valence-electron chi connectivity index (χ1n) is 8.70. The van der Waals surface area contributed by atoms with Crippen molar-refractivity contribution in [3.05, 3.63) is 90.0 Å². The lowest BCUT2D eigenvalue weighted by atomic mass is 10.1. The van der Waals surface area contributed by atoms with Crippen molar-refractivity contribution in [2.75, 3.05) is 11.3 Å². The van der Waals surface area contributed by atoms with Crippen LogP contribution in [0.4, 0.5) is 5.69 Å². The van der Waals surface area contributed by atoms with Crippen LogP contribution in [-0.2, 0) is 16.4 Å². The van der Waals surface area contributed by atoms with Gasteiger partial charge in [0, 0.05) is 12.5 Å². The van der Waals surface area contributed by atoms with Gasteiger partial charge in [-0.15, -0.1) is 0 Å². The second-order valence-corrected chi connectivity index (χ2v) is 7.75. The summed E-state index contributed by atoms with van der Waals surface area (Å²) in [5.74, 6) is 5.73. The number of rotatable bonds is 8. The maximum atomic E-state index is 12.4. The lowest BCUT2D eigenvalue weighted by molar-refractivity contribution is 0.322. The summed E-state index contributed by atoms with van der Waals surface area (Å²) in [5, 5.41) is 3.49. The number of hydrogen-bond donors (Lipinski definition) is 2. The number of nitrogens with two attached hydrogens (primary N) is 1. The lowest BCUT2D eigenvalue weighted by Gasteiger charge is -2.11. The Morgan fingerprint density at radius 3 is 2.43 bits per heavy atom. The zero-order valence-electron chi connectivity index (χ0n) is 15.2. The fourth-order valence-corrected chi connectivity index (χ4v) is 3.68. The fourth-order valence-electron chi connectivity index (χ4n) is 2.61. The minimum atomic E-state index is -3.63. The van der Waals surface area contributed by atoms with Gasteiger partial charge in [0.25, 0.3) is 10.0 Å². The van der Waals surface area contributed by atoms with Crippen molar-refractivity contribution in [2.45, 2.75) is 11.3 Å². The molecule has 0 saturated carbocycles. The molecule has 0 fully saturated rings. The van der Waals surface area contributed by atoms with Crippen molar-refractivity contribution >= 4 is 21.9 Å². The Kier molecular flexibility index (Phi) is 6.29. The van der Waals surface area contributed by atoms with Crippen molar-refractivity contribution in [3.63, 3.8) is 0 Å². The quantitative estimate of drug-likeness (QED) is 0.347. The number of hydrazone groups is 1. The molecule has 0 heterocycles. The van der Waals surface area contributed by atoms with Crippen LogP contribution in [0.1, 0.15) is 11.1 Å². The van der Waals surface area contributed by atoms with E-state index in [1.54, 1.807) is 60.8 Å². The highest BCUT2D eigenvalue weighted by atomic mass is 32.2. The van der Waals surface area contributed by atoms with Gasteiger partial charge < -0.3 is 10.6 Å². The number of nitrogens with zero attached hydrogens (tertiary/aromatic N) is 1. The molecule has 6 nitrogen and oxygen atoms in total. The minimum Gasteiger partial charge on any atom is -0.493 e. The summed E-state index contributed by atoms with van der Waals surface area (Å²) in [6.07, 6.45) is 2.31. The van der Waals surface area contributed by atoms with Crippen molar-refractivity contribution < 1.29 is 13.2 Å². The maximum absolute atomic E-state index is 12.4. The highest BCUT2D eigenvalue weighted by Crippen LogP contribution is 2.21. The second-order valence-electron chi connectivity index (χ2n) is 6.06. The molecule has 3 aromatic rings. The van der Waals surface area contributed by atoms with Gasteiger partial charge in [0.15, 0.2) is 0 Å². The summed E-state index contributed by atoms with van der Waals surface area (Å²) in [6, 6.07) is 23.0. The van der Waals surface area contributed by atoms with E-state index in [1.165, 1.54) is 0 Å². The Hall–Kier alpha value is -3.32. The summed E-state index contributed by atoms with van der Waals surface area (Å²) in [7, 11) is -3.63. The van der Waals surface area contributed by atoms with Gasteiger partial charge in [-0.05, 0) is 35.4 Å². The molecule has 144 valence electrons. The van der Waals surface area contributed by atoms with Gasteiger partial charge in [-0.25, -0.2) is 8.42 Å². The first-order chi connectivity index (χ1) is 13.6. The van der Waals surface area contributed by atoms with E-state index in [2.05, 4.69) is 9.82 Å². The molecule has 0 aliphatic rings. The zero-order valence-corrected chi connectivity index (χ0v) is 16.0. The van der Waals surface area contributed by atoms with Gasteiger partial charge in [0.1, 0.15) is 5.75 Å². The van der Waals surface area contributed by atoms with Crippen LogP contribution in [-0.4, -0.2) is 21.2 Å². The van der Waals surface area contributed by atoms with E-state index in [4.69, 9.17) is 10.6 Å². The largest absolute Gasteiger partial charge is 0.493 e. The molecule has 0 radical (unpaired) electrons. The molecule has 28 heavy (non-hydrogen) atoms. The van der Waals surface area contributed by atoms with Crippen molar-refractivity contribution in [1.29, 1.82) is 0 Å². The van der Waals surface area contributed by atoms with Gasteiger partial charge in [-0.3, -0.25) is 4.72 Å². The number of anilines is 1. The third-order valence-electron chi connectivity index (χ3n) is 4.00. The molecular formula is C21H21N3O3S. The molecule has 0 aliphatic heterocycles. The van der Waals surface area contributed by atoms with E-state index in [0.29, 0.717) is 18.0 Å². The number of hydrogen-bond acceptors (Lipinski definition) is 5. The minimum absolute atomic E-state index is 0.212. The van der Waals surface area contributed by atoms with Crippen LogP contribution in [0.3, 0.4) is 0 Å². The molecule has 7 heteroatoms. The molecule has 0 amide bonds. The number of nitrogens with one attached hydrogen (secondary N) is 1. The van der Waals surface area contributed by atoms with Gasteiger partial charge >= 0.3 is 0 Å². The Labute approximate surface area is 164 Å². The Morgan fingerprint density at radius 2 is 1.71 bits per heavy atom. The standard InChI is InChI=1S/C21H21N3O3S/c22-23-16-18-11-9-17(10-12-18)13-14-27-20-6-4-5-19(15-20)24-28(25,26)21-7-2-1-3-8-21/h1-12,15-16,24H,13-14,22H2. The highest BCUT2D eigenvalue weighted by Gasteiger charge is 2.13. The first-order valence-corrected chi connectivity index (χ1v) is 10.2. The molecule has 0 saturated heterocycles. The van der Waals surface area contributed by atoms with E-state index < -0.39 is 10.0 Å². The summed E-state index contributed by atoms with van der Waals surface area (Å²) in [4.78, 5) is 0.212. The molecule has 3 N–H and O–H groups in total. The van der Waals surface area contributed by atoms with Crippen LogP contribution >= 0.6 is 0 Å². The third kappa shape index (κ3) is 5.34. The third-order valence-corrected chi connectivity index (χ3v) is 5.40. The van der Waals surface area contributed by atoms with E-state index in [1.807, 2.05) is 24.3 Å². The number of ether oxygens (including phenoxy) is 1. The molecule has 0 unspecified atom stereocenters. The van der Waals surface area contributed by atoms with Crippen LogP contribution in [0.25, 0.3) is 0 Å². The second kappa shape index (κ2) is 9.05. The molecule has 0 atom stereocenters. The molecule has 0 spiro atoms. The average molecular weight is 395 g/mol. The Balaban J connectivity index is 1.59. The topological polar surface area (TPSA) is 93.8 Å². The highest BCUT2D eigenvalue weighted by molar-refractivity contribution is 7.92. The SMILES string of the molecule is NN=Cc1ccc(CCOc2cccc(NS(=O)(=O)c3ccccc3)c2)cc1. The normalized spacial score (nSPS) is 11.4. The molecular weight excluding hydrogens is 374 g/mol. The van der Waals surface area contributed by atoms with Gasteiger partial charge in [-0.2, -0.15) is 5.10 Å². The van der Waals surface area contributed by atoms with Gasteiger partial charge in [0.2, 0.25) is 0 Å². The van der Waals surface area contributed by atoms with Crippen molar-refractivity contribution in [1.82, 2.24) is 0 Å². The molecule has 0 bridgehead atoms. The van der Waals surface area contributed by atoms with Crippen LogP contribution in [0.2, 0.25) is 0 Å². The van der Waals surface area contributed by atoms with Crippen LogP contribution < -0.4 is 15.3 Å². The molecule has 0 aliphatic carbocycles. The van der Waals surface area contributed by atoms with Crippen LogP contribution in [0.5, 0.6) is 5.75 Å². The smallest absolute Gasteiger partial charge is 0.261 e. The van der Waals surface area contributed by atoms with E-state index in [9.17, 15) is 8.42 Å². The van der Waals surface area contributed by atoms with E-state index >= 15 is 0 Å². The van der Waals surface area contributed by atoms with Crippen molar-refractivity contribution in [3.8, 4) is 5.75 Å². The van der Waals surface area contributed by atoms with Crippen LogP contribution in [0, 0.1) is 0 Å². The van der Waals surface area contributed by atoms with Gasteiger partial charge in [0.05, 0.1) is 23.4 Å². The summed E-state index contributed by atoms with van der Waals surface area (Å²) in [6.45, 7) is 0.471. The van der Waals surface area contributed by atoms with Crippen molar-refractivity contribution in [2.24, 2.45) is 10.9 Å². The Bertz CT molecular complexity index is 1030. The summed E-state index contributed by atoms with van der Waals surface area (Å²) < 4.78 is 33.2. The molecule has 3 aromatic carbocycles. The number of sulfonamides is 1. The molecule has 3 rings (SSSR count). The monoisotopic (exact) mass is 395 g/mol. The van der Waals surface area contributed by atoms with E-state index in [0.717, 1.165) is 17.5 Å². The summed E-state index contributed by atoms with van der Waals surface area (Å²) in [5.41, 5.74) is 2.51. The zero-order chi connectivity index (χ0) is 19.8. The summed E-state index contributed by atoms with van der Waals surface area (Å²) >= 11 is 0. The number of benzene rings is 3. The predicted octanol–water partition coefficient (Wildman–Crippen LogP) is 3.40. The fraction of sp³-hybridized carbons (Fsp3) is 0.0952. The Morgan fingerprint density at radius 1 is 0.964 bits per heavy atom. The first kappa shape index (κ1) is 19.4. The predicted molar refractivity (Wildman–Crippen MR) is 111 cm³/mol. The maximum Gasteiger partial charge on any atom is 0.261 e. The van der Waals surface area contributed by atoms with E-state index in [-0.39, 0.29) is 4.90 Å².